The number of halogens is 1. The van der Waals surface area contributed by atoms with Gasteiger partial charge in [-0.1, -0.05) is 20.8 Å². The quantitative estimate of drug-likeness (QED) is 0.657. The lowest BCUT2D eigenvalue weighted by Crippen LogP contribution is -2.45. The van der Waals surface area contributed by atoms with Crippen molar-refractivity contribution in [1.82, 2.24) is 5.32 Å². The fourth-order valence-electron chi connectivity index (χ4n) is 3.83. The molecule has 0 bridgehead atoms. The van der Waals surface area contributed by atoms with Crippen LogP contribution < -0.4 is 22.1 Å². The van der Waals surface area contributed by atoms with Crippen LogP contribution in [-0.4, -0.2) is 19.6 Å². The molecule has 1 aromatic heterocycles. The third-order valence-electron chi connectivity index (χ3n) is 5.35. The second-order valence-corrected chi connectivity index (χ2v) is 8.89. The van der Waals surface area contributed by atoms with Crippen LogP contribution in [-0.2, 0) is 18.5 Å². The molecule has 0 fully saturated rings. The Labute approximate surface area is 155 Å². The number of hydrogen-bond donors (Lipinski definition) is 4. The fourth-order valence-corrected chi connectivity index (χ4v) is 5.30. The first-order valence-electron chi connectivity index (χ1n) is 8.47. The summed E-state index contributed by atoms with van der Waals surface area (Å²) >= 11 is 1.88. The minimum absolute atomic E-state index is 0. The van der Waals surface area contributed by atoms with E-state index in [1.54, 1.807) is 0 Å². The van der Waals surface area contributed by atoms with Crippen molar-refractivity contribution in [1.29, 1.82) is 0 Å². The maximum Gasteiger partial charge on any atom is 0.195 e. The second-order valence-electron chi connectivity index (χ2n) is 7.78. The van der Waals surface area contributed by atoms with Gasteiger partial charge in [0, 0.05) is 11.3 Å². The van der Waals surface area contributed by atoms with Gasteiger partial charge >= 0.3 is 0 Å². The molecule has 7 heteroatoms. The summed E-state index contributed by atoms with van der Waals surface area (Å²) in [5, 5.41) is 6.72. The highest BCUT2D eigenvalue weighted by Crippen LogP contribution is 2.49. The number of aliphatic imine (C=N–C) groups is 1. The molecule has 5 nitrogen and oxygen atoms in total. The van der Waals surface area contributed by atoms with Crippen LogP contribution in [0.4, 0.5) is 5.69 Å². The van der Waals surface area contributed by atoms with E-state index in [9.17, 15) is 0 Å². The topological polar surface area (TPSA) is 88.5 Å². The molecule has 2 aliphatic rings. The molecule has 1 aliphatic heterocycles. The Bertz CT molecular complexity index is 634. The van der Waals surface area contributed by atoms with Crippen molar-refractivity contribution in [2.45, 2.75) is 52.1 Å². The zero-order valence-electron chi connectivity index (χ0n) is 15.0. The normalized spacial score (nSPS) is 25.9. The van der Waals surface area contributed by atoms with E-state index in [0.29, 0.717) is 23.8 Å². The van der Waals surface area contributed by atoms with Gasteiger partial charge in [-0.05, 0) is 49.8 Å². The van der Waals surface area contributed by atoms with Gasteiger partial charge in [0.25, 0.3) is 0 Å². The molecule has 6 N–H and O–H groups in total. The molecule has 0 radical (unpaired) electrons. The monoisotopic (exact) mass is 371 g/mol. The zero-order valence-corrected chi connectivity index (χ0v) is 16.7. The Morgan fingerprint density at radius 1 is 1.42 bits per heavy atom. The predicted octanol–water partition coefficient (Wildman–Crippen LogP) is 2.78. The van der Waals surface area contributed by atoms with E-state index in [2.05, 4.69) is 36.4 Å². The standard InChI is InChI=1S/C17H29N5S.ClH/c1-16(2,3)10-5-6-12-11(9-10)13-14(23-12)17(20-4,7-8-18)22-15(19)21-13;/h10,20H,5-9,18H2,1-4H3,(H3,19,21,22);1H. The summed E-state index contributed by atoms with van der Waals surface area (Å²) in [6, 6.07) is 0. The molecule has 0 spiro atoms. The first kappa shape index (κ1) is 19.5. The number of fused-ring (bicyclic) bond motifs is 3. The predicted molar refractivity (Wildman–Crippen MR) is 106 cm³/mol. The maximum absolute atomic E-state index is 6.11. The Hall–Kier alpha value is -0.820. The molecule has 1 aliphatic carbocycles. The summed E-state index contributed by atoms with van der Waals surface area (Å²) in [4.78, 5) is 7.42. The van der Waals surface area contributed by atoms with Gasteiger partial charge in [0.2, 0.25) is 0 Å². The number of thiophene rings is 1. The fraction of sp³-hybridized carbons (Fsp3) is 0.706. The molecule has 0 saturated carbocycles. The van der Waals surface area contributed by atoms with E-state index >= 15 is 0 Å². The number of hydrogen-bond acceptors (Lipinski definition) is 6. The Kier molecular flexibility index (Phi) is 5.55. The van der Waals surface area contributed by atoms with Crippen LogP contribution in [0.25, 0.3) is 0 Å². The second kappa shape index (κ2) is 6.83. The molecular weight excluding hydrogens is 342 g/mol. The van der Waals surface area contributed by atoms with Crippen molar-refractivity contribution in [3.05, 3.63) is 15.3 Å². The van der Waals surface area contributed by atoms with Gasteiger partial charge in [0.1, 0.15) is 0 Å². The minimum Gasteiger partial charge on any atom is -0.370 e. The molecule has 0 amide bonds. The Balaban J connectivity index is 0.00000208. The average Bonchev–Trinajstić information content (AvgIpc) is 2.85. The summed E-state index contributed by atoms with van der Waals surface area (Å²) in [5.41, 5.74) is 14.5. The van der Waals surface area contributed by atoms with Gasteiger partial charge in [-0.25, -0.2) is 4.99 Å². The number of aryl methyl sites for hydroxylation is 1. The Morgan fingerprint density at radius 2 is 2.12 bits per heavy atom. The van der Waals surface area contributed by atoms with Crippen LogP contribution in [0.2, 0.25) is 0 Å². The number of rotatable bonds is 3. The van der Waals surface area contributed by atoms with Gasteiger partial charge < -0.3 is 16.8 Å². The van der Waals surface area contributed by atoms with E-state index < -0.39 is 5.66 Å². The number of guanidine groups is 1. The van der Waals surface area contributed by atoms with Crippen LogP contribution in [0.1, 0.15) is 48.9 Å². The molecule has 0 aromatic carbocycles. The third-order valence-corrected chi connectivity index (χ3v) is 6.79. The maximum atomic E-state index is 6.11. The van der Waals surface area contributed by atoms with Crippen molar-refractivity contribution in [3.63, 3.8) is 0 Å². The summed E-state index contributed by atoms with van der Waals surface area (Å²) in [5.74, 6) is 1.19. The first-order valence-corrected chi connectivity index (χ1v) is 9.28. The summed E-state index contributed by atoms with van der Waals surface area (Å²) in [6.45, 7) is 7.61. The van der Waals surface area contributed by atoms with Gasteiger partial charge in [-0.15, -0.1) is 23.7 Å². The SMILES string of the molecule is CNC1(CCN)N=C(N)Nc2c1sc1c2CC(C(C)(C)C)CC1.Cl. The zero-order chi connectivity index (χ0) is 16.8. The molecule has 24 heavy (non-hydrogen) atoms. The van der Waals surface area contributed by atoms with E-state index in [4.69, 9.17) is 11.5 Å². The molecule has 3 rings (SSSR count). The largest absolute Gasteiger partial charge is 0.370 e. The molecule has 2 atom stereocenters. The lowest BCUT2D eigenvalue weighted by molar-refractivity contribution is 0.217. The molecule has 136 valence electrons. The number of nitrogens with two attached hydrogens (primary N) is 2. The van der Waals surface area contributed by atoms with Crippen LogP contribution in [0.5, 0.6) is 0 Å². The molecule has 0 saturated heterocycles. The summed E-state index contributed by atoms with van der Waals surface area (Å²) in [6.07, 6.45) is 4.28. The molecular formula is C17H30ClN5S. The van der Waals surface area contributed by atoms with Crippen LogP contribution in [0.15, 0.2) is 4.99 Å². The van der Waals surface area contributed by atoms with E-state index in [1.807, 2.05) is 18.4 Å². The average molecular weight is 372 g/mol. The van der Waals surface area contributed by atoms with Crippen LogP contribution in [0, 0.1) is 11.3 Å². The van der Waals surface area contributed by atoms with Crippen LogP contribution >= 0.6 is 23.7 Å². The van der Waals surface area contributed by atoms with Crippen molar-refractivity contribution in [2.75, 3.05) is 18.9 Å². The van der Waals surface area contributed by atoms with Gasteiger partial charge in [0.15, 0.2) is 11.6 Å². The van der Waals surface area contributed by atoms with E-state index in [-0.39, 0.29) is 12.4 Å². The highest BCUT2D eigenvalue weighted by molar-refractivity contribution is 7.13. The molecule has 1 aromatic rings. The van der Waals surface area contributed by atoms with Gasteiger partial charge in [0.05, 0.1) is 10.6 Å². The Morgan fingerprint density at radius 3 is 2.71 bits per heavy atom. The van der Waals surface area contributed by atoms with Crippen LogP contribution in [0.3, 0.4) is 0 Å². The number of anilines is 1. The highest BCUT2D eigenvalue weighted by Gasteiger charge is 2.41. The van der Waals surface area contributed by atoms with Crippen molar-refractivity contribution in [3.8, 4) is 0 Å². The van der Waals surface area contributed by atoms with E-state index in [0.717, 1.165) is 19.3 Å². The van der Waals surface area contributed by atoms with E-state index in [1.165, 1.54) is 27.4 Å². The number of nitrogens with one attached hydrogen (secondary N) is 2. The third kappa shape index (κ3) is 3.17. The minimum atomic E-state index is -0.474. The lowest BCUT2D eigenvalue weighted by atomic mass is 9.72. The number of nitrogens with zero attached hydrogens (tertiary/aromatic N) is 1. The summed E-state index contributed by atoms with van der Waals surface area (Å²) < 4.78 is 0. The van der Waals surface area contributed by atoms with Crippen molar-refractivity contribution < 1.29 is 0 Å². The van der Waals surface area contributed by atoms with Gasteiger partial charge in [-0.2, -0.15) is 0 Å². The smallest absolute Gasteiger partial charge is 0.195 e. The molecule has 2 heterocycles. The first-order chi connectivity index (χ1) is 10.8. The van der Waals surface area contributed by atoms with Crippen molar-refractivity contribution in [2.24, 2.45) is 27.8 Å². The highest BCUT2D eigenvalue weighted by atomic mass is 35.5. The summed E-state index contributed by atoms with van der Waals surface area (Å²) in [7, 11) is 1.94. The van der Waals surface area contributed by atoms with Crippen molar-refractivity contribution >= 4 is 35.4 Å². The lowest BCUT2D eigenvalue weighted by Gasteiger charge is -2.35. The molecule has 2 unspecified atom stereocenters. The van der Waals surface area contributed by atoms with Gasteiger partial charge in [-0.3, -0.25) is 5.32 Å².